The van der Waals surface area contributed by atoms with Crippen LogP contribution in [-0.2, 0) is 6.42 Å². The van der Waals surface area contributed by atoms with E-state index in [-0.39, 0.29) is 5.56 Å². The van der Waals surface area contributed by atoms with Crippen LogP contribution in [0.1, 0.15) is 15.9 Å². The molecule has 0 aliphatic rings. The van der Waals surface area contributed by atoms with Crippen molar-refractivity contribution in [3.05, 3.63) is 82.9 Å². The number of carboxylic acids is 1. The maximum absolute atomic E-state index is 11.7. The molecule has 4 nitrogen and oxygen atoms in total. The molecule has 3 aromatic carbocycles. The van der Waals surface area contributed by atoms with Crippen LogP contribution in [0.2, 0.25) is 5.02 Å². The zero-order valence-corrected chi connectivity index (χ0v) is 15.6. The Bertz CT molecular complexity index is 935. The van der Waals surface area contributed by atoms with Gasteiger partial charge in [0, 0.05) is 11.4 Å². The van der Waals surface area contributed by atoms with Crippen LogP contribution < -0.4 is 9.47 Å². The van der Waals surface area contributed by atoms with Gasteiger partial charge in [-0.15, -0.1) is 0 Å². The second-order valence-electron chi connectivity index (χ2n) is 5.97. The van der Waals surface area contributed by atoms with Gasteiger partial charge in [-0.05, 0) is 53.1 Å². The Morgan fingerprint density at radius 3 is 2.44 bits per heavy atom. The van der Waals surface area contributed by atoms with Crippen molar-refractivity contribution in [2.45, 2.75) is 6.42 Å². The monoisotopic (exact) mass is 382 g/mol. The Morgan fingerprint density at radius 2 is 1.74 bits per heavy atom. The lowest BCUT2D eigenvalue weighted by Crippen LogP contribution is -2.06. The summed E-state index contributed by atoms with van der Waals surface area (Å²) in [7, 11) is 1.60. The molecule has 3 rings (SSSR count). The van der Waals surface area contributed by atoms with Crippen molar-refractivity contribution in [1.82, 2.24) is 0 Å². The lowest BCUT2D eigenvalue weighted by Gasteiger charge is -2.12. The fourth-order valence-electron chi connectivity index (χ4n) is 2.74. The summed E-state index contributed by atoms with van der Waals surface area (Å²) in [6.45, 7) is 0.375. The van der Waals surface area contributed by atoms with Crippen molar-refractivity contribution in [2.75, 3.05) is 13.7 Å². The van der Waals surface area contributed by atoms with Crippen LogP contribution in [0, 0.1) is 0 Å². The van der Waals surface area contributed by atoms with Gasteiger partial charge in [0.1, 0.15) is 17.1 Å². The van der Waals surface area contributed by atoms with E-state index in [2.05, 4.69) is 0 Å². The summed E-state index contributed by atoms with van der Waals surface area (Å²) in [5.41, 5.74) is 2.87. The van der Waals surface area contributed by atoms with Crippen LogP contribution in [0.3, 0.4) is 0 Å². The lowest BCUT2D eigenvalue weighted by molar-refractivity contribution is 0.0692. The van der Waals surface area contributed by atoms with E-state index < -0.39 is 5.97 Å². The molecule has 0 aliphatic carbocycles. The van der Waals surface area contributed by atoms with E-state index >= 15 is 0 Å². The molecule has 5 heteroatoms. The maximum atomic E-state index is 11.7. The summed E-state index contributed by atoms with van der Waals surface area (Å²) in [6, 6.07) is 20.1. The van der Waals surface area contributed by atoms with E-state index in [9.17, 15) is 9.90 Å². The van der Waals surface area contributed by atoms with E-state index in [1.807, 2.05) is 54.6 Å². The number of hydrogen-bond acceptors (Lipinski definition) is 3. The third kappa shape index (κ3) is 4.80. The maximum Gasteiger partial charge on any atom is 0.339 e. The predicted octanol–water partition coefficient (Wildman–Crippen LogP) is 5.34. The molecule has 0 radical (unpaired) electrons. The van der Waals surface area contributed by atoms with Gasteiger partial charge < -0.3 is 14.6 Å². The number of ether oxygens (including phenoxy) is 2. The van der Waals surface area contributed by atoms with E-state index in [1.54, 1.807) is 19.2 Å². The smallest absolute Gasteiger partial charge is 0.339 e. The molecule has 0 saturated heterocycles. The number of methoxy groups -OCH3 is 1. The second-order valence-corrected chi connectivity index (χ2v) is 6.41. The van der Waals surface area contributed by atoms with Gasteiger partial charge in [-0.1, -0.05) is 41.9 Å². The molecule has 1 N–H and O–H groups in total. The van der Waals surface area contributed by atoms with Crippen molar-refractivity contribution in [3.8, 4) is 22.6 Å². The number of benzene rings is 3. The van der Waals surface area contributed by atoms with Crippen LogP contribution in [0.4, 0.5) is 0 Å². The topological polar surface area (TPSA) is 55.8 Å². The Balaban J connectivity index is 1.77. The van der Waals surface area contributed by atoms with E-state index in [4.69, 9.17) is 21.1 Å². The minimum Gasteiger partial charge on any atom is -0.497 e. The first kappa shape index (κ1) is 18.8. The van der Waals surface area contributed by atoms with Gasteiger partial charge in [0.25, 0.3) is 0 Å². The summed E-state index contributed by atoms with van der Waals surface area (Å²) in [5.74, 6) is 0.0389. The van der Waals surface area contributed by atoms with Gasteiger partial charge >= 0.3 is 5.97 Å². The molecule has 27 heavy (non-hydrogen) atoms. The molecular formula is C22H19ClO4. The highest BCUT2D eigenvalue weighted by molar-refractivity contribution is 6.30. The first-order valence-electron chi connectivity index (χ1n) is 8.46. The van der Waals surface area contributed by atoms with Gasteiger partial charge in [-0.2, -0.15) is 0 Å². The molecular weight excluding hydrogens is 364 g/mol. The summed E-state index contributed by atoms with van der Waals surface area (Å²) in [6.07, 6.45) is 0.661. The van der Waals surface area contributed by atoms with Crippen LogP contribution in [0.5, 0.6) is 11.5 Å². The Kier molecular flexibility index (Phi) is 5.99. The third-order valence-corrected chi connectivity index (χ3v) is 4.43. The number of hydrogen-bond donors (Lipinski definition) is 1. The summed E-state index contributed by atoms with van der Waals surface area (Å²) in [4.78, 5) is 11.7. The molecule has 0 aliphatic heterocycles. The molecule has 0 aromatic heterocycles. The Morgan fingerprint density at radius 1 is 1.00 bits per heavy atom. The minimum absolute atomic E-state index is 0.131. The average Bonchev–Trinajstić information content (AvgIpc) is 2.69. The average molecular weight is 383 g/mol. The highest BCUT2D eigenvalue weighted by Gasteiger charge is 2.13. The molecule has 0 bridgehead atoms. The molecule has 0 atom stereocenters. The van der Waals surface area contributed by atoms with Gasteiger partial charge in [0.05, 0.1) is 13.7 Å². The zero-order chi connectivity index (χ0) is 19.2. The molecule has 0 heterocycles. The number of carbonyl (C=O) groups is 1. The Hall–Kier alpha value is -2.98. The fraction of sp³-hybridized carbons (Fsp3) is 0.136. The molecule has 3 aromatic rings. The SMILES string of the molecule is COc1cccc(-c2ccc(OCCc3ccc(Cl)cc3)c(C(=O)O)c2)c1. The third-order valence-electron chi connectivity index (χ3n) is 4.17. The molecule has 0 spiro atoms. The highest BCUT2D eigenvalue weighted by atomic mass is 35.5. The first-order valence-corrected chi connectivity index (χ1v) is 8.83. The van der Waals surface area contributed by atoms with Gasteiger partial charge in [-0.25, -0.2) is 4.79 Å². The number of halogens is 1. The van der Waals surface area contributed by atoms with Crippen molar-refractivity contribution in [3.63, 3.8) is 0 Å². The molecule has 0 saturated carbocycles. The zero-order valence-electron chi connectivity index (χ0n) is 14.8. The summed E-state index contributed by atoms with van der Waals surface area (Å²) >= 11 is 5.88. The van der Waals surface area contributed by atoms with Crippen molar-refractivity contribution >= 4 is 17.6 Å². The highest BCUT2D eigenvalue weighted by Crippen LogP contribution is 2.29. The fourth-order valence-corrected chi connectivity index (χ4v) is 2.86. The van der Waals surface area contributed by atoms with Crippen molar-refractivity contribution in [1.29, 1.82) is 0 Å². The molecule has 0 unspecified atom stereocenters. The minimum atomic E-state index is -1.03. The van der Waals surface area contributed by atoms with E-state index in [0.717, 1.165) is 16.7 Å². The van der Waals surface area contributed by atoms with Crippen LogP contribution >= 0.6 is 11.6 Å². The molecule has 0 fully saturated rings. The normalized spacial score (nSPS) is 10.4. The standard InChI is InChI=1S/C22H19ClO4/c1-26-19-4-2-3-16(13-19)17-7-10-21(20(14-17)22(24)25)27-12-11-15-5-8-18(23)9-6-15/h2-10,13-14H,11-12H2,1H3,(H,24,25). The second kappa shape index (κ2) is 8.60. The first-order chi connectivity index (χ1) is 13.1. The van der Waals surface area contributed by atoms with Gasteiger partial charge in [0.2, 0.25) is 0 Å². The number of aromatic carboxylic acids is 1. The quantitative estimate of drug-likeness (QED) is 0.599. The van der Waals surface area contributed by atoms with Crippen LogP contribution in [-0.4, -0.2) is 24.8 Å². The largest absolute Gasteiger partial charge is 0.497 e. The number of carboxylic acid groups (broad SMARTS) is 1. The van der Waals surface area contributed by atoms with E-state index in [1.165, 1.54) is 0 Å². The van der Waals surface area contributed by atoms with E-state index in [0.29, 0.717) is 29.5 Å². The van der Waals surface area contributed by atoms with Crippen molar-refractivity contribution < 1.29 is 19.4 Å². The molecule has 138 valence electrons. The van der Waals surface area contributed by atoms with Crippen LogP contribution in [0.15, 0.2) is 66.7 Å². The lowest BCUT2D eigenvalue weighted by atomic mass is 10.0. The van der Waals surface area contributed by atoms with Gasteiger partial charge in [-0.3, -0.25) is 0 Å². The van der Waals surface area contributed by atoms with Gasteiger partial charge in [0.15, 0.2) is 0 Å². The van der Waals surface area contributed by atoms with Crippen LogP contribution in [0.25, 0.3) is 11.1 Å². The summed E-state index contributed by atoms with van der Waals surface area (Å²) in [5, 5.41) is 10.2. The molecule has 0 amide bonds. The Labute approximate surface area is 162 Å². The summed E-state index contributed by atoms with van der Waals surface area (Å²) < 4.78 is 11.0. The van der Waals surface area contributed by atoms with Crippen molar-refractivity contribution in [2.24, 2.45) is 0 Å². The number of rotatable bonds is 7. The predicted molar refractivity (Wildman–Crippen MR) is 106 cm³/mol.